The quantitative estimate of drug-likeness (QED) is 0.800. The van der Waals surface area contributed by atoms with E-state index in [4.69, 9.17) is 5.11 Å². The molecule has 0 spiro atoms. The smallest absolute Gasteiger partial charge is 0.332 e. The van der Waals surface area contributed by atoms with Gasteiger partial charge in [-0.3, -0.25) is 4.79 Å². The number of rotatable bonds is 6. The molecule has 0 aromatic heterocycles. The van der Waals surface area contributed by atoms with Crippen molar-refractivity contribution in [1.82, 2.24) is 0 Å². The number of hydrogen-bond acceptors (Lipinski definition) is 2. The van der Waals surface area contributed by atoms with Crippen molar-refractivity contribution in [3.8, 4) is 0 Å². The highest BCUT2D eigenvalue weighted by molar-refractivity contribution is 6.00. The van der Waals surface area contributed by atoms with Crippen molar-refractivity contribution in [3.05, 3.63) is 76.9 Å². The van der Waals surface area contributed by atoms with E-state index in [1.54, 1.807) is 0 Å². The van der Waals surface area contributed by atoms with Gasteiger partial charge in [-0.25, -0.2) is 4.79 Å². The van der Waals surface area contributed by atoms with Gasteiger partial charge in [0.2, 0.25) is 0 Å². The molecule has 4 nitrogen and oxygen atoms in total. The first-order valence-corrected chi connectivity index (χ1v) is 7.25. The Morgan fingerprint density at radius 2 is 1.52 bits per heavy atom. The summed E-state index contributed by atoms with van der Waals surface area (Å²) in [4.78, 5) is 22.6. The van der Waals surface area contributed by atoms with Gasteiger partial charge < -0.3 is 10.2 Å². The van der Waals surface area contributed by atoms with E-state index >= 15 is 0 Å². The molecule has 0 fully saturated rings. The first-order valence-electron chi connectivity index (χ1n) is 7.25. The molecule has 0 saturated heterocycles. The summed E-state index contributed by atoms with van der Waals surface area (Å²) in [6.07, 6.45) is -0.135. The Labute approximate surface area is 134 Å². The summed E-state index contributed by atoms with van der Waals surface area (Å²) in [7, 11) is 0. The first-order chi connectivity index (χ1) is 11.0. The number of carboxylic acid groups (broad SMARTS) is 2. The van der Waals surface area contributed by atoms with Gasteiger partial charge in [0, 0.05) is 0 Å². The van der Waals surface area contributed by atoms with Crippen LogP contribution in [0.15, 0.2) is 60.2 Å². The lowest BCUT2D eigenvalue weighted by Crippen LogP contribution is -2.11. The van der Waals surface area contributed by atoms with Gasteiger partial charge in [0.25, 0.3) is 0 Å². The molecule has 0 atom stereocenters. The normalized spacial score (nSPS) is 11.7. The molecule has 0 unspecified atom stereocenters. The SMILES string of the molecule is Cc1ccc(/C(Cc2ccccc2)=C(\CC(=O)O)C(=O)O)cc1. The Balaban J connectivity index is 2.54. The molecule has 0 aliphatic carbocycles. The molecule has 2 rings (SSSR count). The van der Waals surface area contributed by atoms with Crippen LogP contribution in [0.25, 0.3) is 5.57 Å². The zero-order valence-corrected chi connectivity index (χ0v) is 12.8. The van der Waals surface area contributed by atoms with Gasteiger partial charge in [0.15, 0.2) is 0 Å². The van der Waals surface area contributed by atoms with E-state index in [2.05, 4.69) is 0 Å². The second-order valence-corrected chi connectivity index (χ2v) is 5.36. The molecule has 0 saturated carbocycles. The van der Waals surface area contributed by atoms with Crippen molar-refractivity contribution < 1.29 is 19.8 Å². The van der Waals surface area contributed by atoms with E-state index in [9.17, 15) is 14.7 Å². The lowest BCUT2D eigenvalue weighted by Gasteiger charge is -2.13. The van der Waals surface area contributed by atoms with Gasteiger partial charge in [-0.05, 0) is 30.0 Å². The van der Waals surface area contributed by atoms with Crippen LogP contribution >= 0.6 is 0 Å². The van der Waals surface area contributed by atoms with E-state index in [-0.39, 0.29) is 5.57 Å². The molecule has 23 heavy (non-hydrogen) atoms. The van der Waals surface area contributed by atoms with E-state index in [1.165, 1.54) is 0 Å². The fourth-order valence-corrected chi connectivity index (χ4v) is 2.40. The Hall–Kier alpha value is -2.88. The highest BCUT2D eigenvalue weighted by Gasteiger charge is 2.19. The zero-order chi connectivity index (χ0) is 16.8. The van der Waals surface area contributed by atoms with Crippen molar-refractivity contribution in [1.29, 1.82) is 0 Å². The standard InChI is InChI=1S/C19H18O4/c1-13-7-9-15(10-8-13)16(11-14-5-3-2-4-6-14)17(19(22)23)12-18(20)21/h2-10H,11-12H2,1H3,(H,20,21)(H,22,23)/b17-16+. The van der Waals surface area contributed by atoms with Gasteiger partial charge in [-0.15, -0.1) is 0 Å². The Morgan fingerprint density at radius 3 is 2.04 bits per heavy atom. The maximum atomic E-state index is 11.6. The minimum Gasteiger partial charge on any atom is -0.481 e. The minimum absolute atomic E-state index is 0.0785. The van der Waals surface area contributed by atoms with E-state index in [1.807, 2.05) is 61.5 Å². The van der Waals surface area contributed by atoms with Crippen LogP contribution in [-0.4, -0.2) is 22.2 Å². The Kier molecular flexibility index (Phi) is 5.31. The molecule has 0 aliphatic rings. The molecule has 2 N–H and O–H groups in total. The zero-order valence-electron chi connectivity index (χ0n) is 12.8. The van der Waals surface area contributed by atoms with E-state index in [0.717, 1.165) is 16.7 Å². The molecular formula is C19H18O4. The summed E-state index contributed by atoms with van der Waals surface area (Å²) in [5.74, 6) is -2.35. The molecular weight excluding hydrogens is 292 g/mol. The summed E-state index contributed by atoms with van der Waals surface area (Å²) in [5.41, 5.74) is 3.18. The number of hydrogen-bond donors (Lipinski definition) is 2. The summed E-state index contributed by atoms with van der Waals surface area (Å²) < 4.78 is 0. The average molecular weight is 310 g/mol. The first kappa shape index (κ1) is 16.5. The lowest BCUT2D eigenvalue weighted by atomic mass is 9.91. The molecule has 0 aliphatic heterocycles. The highest BCUT2D eigenvalue weighted by atomic mass is 16.4. The van der Waals surface area contributed by atoms with Crippen molar-refractivity contribution in [3.63, 3.8) is 0 Å². The molecule has 2 aromatic rings. The summed E-state index contributed by atoms with van der Waals surface area (Å²) in [6, 6.07) is 16.9. The third-order valence-corrected chi connectivity index (χ3v) is 3.57. The molecule has 0 radical (unpaired) electrons. The largest absolute Gasteiger partial charge is 0.481 e. The average Bonchev–Trinajstić information content (AvgIpc) is 2.52. The fraction of sp³-hybridized carbons (Fsp3) is 0.158. The maximum Gasteiger partial charge on any atom is 0.332 e. The van der Waals surface area contributed by atoms with Crippen molar-refractivity contribution >= 4 is 17.5 Å². The third kappa shape index (κ3) is 4.54. The Bertz CT molecular complexity index is 728. The van der Waals surface area contributed by atoms with Crippen LogP contribution in [0.5, 0.6) is 0 Å². The van der Waals surface area contributed by atoms with Crippen LogP contribution in [0.2, 0.25) is 0 Å². The third-order valence-electron chi connectivity index (χ3n) is 3.57. The fourth-order valence-electron chi connectivity index (χ4n) is 2.40. The van der Waals surface area contributed by atoms with Crippen LogP contribution in [0, 0.1) is 6.92 Å². The van der Waals surface area contributed by atoms with Gasteiger partial charge in [0.1, 0.15) is 0 Å². The summed E-state index contributed by atoms with van der Waals surface area (Å²) in [5, 5.41) is 18.5. The minimum atomic E-state index is -1.20. The number of allylic oxidation sites excluding steroid dienone is 1. The second-order valence-electron chi connectivity index (χ2n) is 5.36. The van der Waals surface area contributed by atoms with Crippen molar-refractivity contribution in [2.24, 2.45) is 0 Å². The number of carboxylic acids is 2. The van der Waals surface area contributed by atoms with Crippen LogP contribution in [0.3, 0.4) is 0 Å². The van der Waals surface area contributed by atoms with Crippen molar-refractivity contribution in [2.45, 2.75) is 19.8 Å². The number of benzene rings is 2. The van der Waals surface area contributed by atoms with Crippen LogP contribution < -0.4 is 0 Å². The molecule has 118 valence electrons. The number of carbonyl (C=O) groups is 2. The van der Waals surface area contributed by atoms with Crippen LogP contribution in [-0.2, 0) is 16.0 Å². The second kappa shape index (κ2) is 7.40. The van der Waals surface area contributed by atoms with E-state index in [0.29, 0.717) is 12.0 Å². The lowest BCUT2D eigenvalue weighted by molar-refractivity contribution is -0.139. The van der Waals surface area contributed by atoms with Gasteiger partial charge in [0.05, 0.1) is 12.0 Å². The predicted octanol–water partition coefficient (Wildman–Crippen LogP) is 3.55. The van der Waals surface area contributed by atoms with Gasteiger partial charge >= 0.3 is 11.9 Å². The van der Waals surface area contributed by atoms with Crippen molar-refractivity contribution in [2.75, 3.05) is 0 Å². The number of aryl methyl sites for hydroxylation is 1. The number of aliphatic carboxylic acids is 2. The Morgan fingerprint density at radius 1 is 0.913 bits per heavy atom. The topological polar surface area (TPSA) is 74.6 Å². The van der Waals surface area contributed by atoms with Crippen LogP contribution in [0.4, 0.5) is 0 Å². The highest BCUT2D eigenvalue weighted by Crippen LogP contribution is 2.26. The predicted molar refractivity (Wildman–Crippen MR) is 88.1 cm³/mol. The maximum absolute atomic E-state index is 11.6. The summed E-state index contributed by atoms with van der Waals surface area (Å²) in [6.45, 7) is 1.94. The molecule has 0 heterocycles. The van der Waals surface area contributed by atoms with Gasteiger partial charge in [-0.1, -0.05) is 60.2 Å². The molecule has 4 heteroatoms. The van der Waals surface area contributed by atoms with E-state index < -0.39 is 18.4 Å². The van der Waals surface area contributed by atoms with Crippen LogP contribution in [0.1, 0.15) is 23.1 Å². The molecule has 0 bridgehead atoms. The monoisotopic (exact) mass is 310 g/mol. The summed E-state index contributed by atoms with van der Waals surface area (Å²) >= 11 is 0. The van der Waals surface area contributed by atoms with Gasteiger partial charge in [-0.2, -0.15) is 0 Å². The molecule has 0 amide bonds. The molecule has 2 aromatic carbocycles.